The maximum absolute atomic E-state index is 10.5. The van der Waals surface area contributed by atoms with Crippen LogP contribution < -0.4 is 0 Å². The zero-order valence-electron chi connectivity index (χ0n) is 6.10. The fourth-order valence-electron chi connectivity index (χ4n) is 1.37. The van der Waals surface area contributed by atoms with Crippen molar-refractivity contribution in [3.05, 3.63) is 5.92 Å². The summed E-state index contributed by atoms with van der Waals surface area (Å²) in [5.41, 5.74) is 0. The van der Waals surface area contributed by atoms with Gasteiger partial charge in [0.1, 0.15) is 0 Å². The van der Waals surface area contributed by atoms with Crippen molar-refractivity contribution >= 4 is 5.97 Å². The summed E-state index contributed by atoms with van der Waals surface area (Å²) in [6, 6.07) is 0. The maximum Gasteiger partial charge on any atom is 0.310 e. The highest BCUT2D eigenvalue weighted by Crippen LogP contribution is 2.24. The van der Waals surface area contributed by atoms with Gasteiger partial charge < -0.3 is 5.11 Å². The quantitative estimate of drug-likeness (QED) is 0.567. The fourth-order valence-corrected chi connectivity index (χ4v) is 1.37. The Labute approximate surface area is 61.2 Å². The van der Waals surface area contributed by atoms with Gasteiger partial charge in [-0.15, -0.1) is 0 Å². The van der Waals surface area contributed by atoms with E-state index in [-0.39, 0.29) is 0 Å². The predicted molar refractivity (Wildman–Crippen MR) is 38.6 cm³/mol. The molecule has 0 aliphatic heterocycles. The molecule has 2 heteroatoms. The second-order valence-corrected chi connectivity index (χ2v) is 2.82. The maximum atomic E-state index is 10.5. The standard InChI is InChI=1S/C8H13O2/c9-8(10)7-5-3-1-2-4-6-7/h1-6H2,(H,9,10). The molecular formula is C8H13O2. The largest absolute Gasteiger partial charge is 0.481 e. The zero-order valence-corrected chi connectivity index (χ0v) is 6.10. The highest BCUT2D eigenvalue weighted by atomic mass is 16.4. The molecule has 1 N–H and O–H groups in total. The van der Waals surface area contributed by atoms with Crippen LogP contribution in [0.5, 0.6) is 0 Å². The molecule has 1 rings (SSSR count). The number of hydrogen-bond donors (Lipinski definition) is 1. The molecule has 1 saturated carbocycles. The number of carboxylic acids is 1. The average molecular weight is 141 g/mol. The van der Waals surface area contributed by atoms with Gasteiger partial charge in [-0.05, 0) is 12.8 Å². The second-order valence-electron chi connectivity index (χ2n) is 2.82. The lowest BCUT2D eigenvalue weighted by Gasteiger charge is -2.04. The first-order valence-electron chi connectivity index (χ1n) is 3.88. The van der Waals surface area contributed by atoms with Gasteiger partial charge in [0.2, 0.25) is 0 Å². The molecule has 0 atom stereocenters. The van der Waals surface area contributed by atoms with Crippen molar-refractivity contribution in [1.29, 1.82) is 0 Å². The Bertz CT molecular complexity index is 112. The number of carboxylic acid groups (broad SMARTS) is 1. The minimum atomic E-state index is -0.679. The first-order valence-corrected chi connectivity index (χ1v) is 3.88. The highest BCUT2D eigenvalue weighted by molar-refractivity contribution is 5.82. The molecule has 1 aliphatic rings. The molecule has 1 radical (unpaired) electrons. The van der Waals surface area contributed by atoms with Crippen molar-refractivity contribution in [3.8, 4) is 0 Å². The molecule has 1 aliphatic carbocycles. The summed E-state index contributed by atoms with van der Waals surface area (Å²) in [6.45, 7) is 0. The Morgan fingerprint density at radius 1 is 1.10 bits per heavy atom. The lowest BCUT2D eigenvalue weighted by molar-refractivity contribution is -0.135. The first kappa shape index (κ1) is 7.58. The van der Waals surface area contributed by atoms with Crippen LogP contribution in [-0.4, -0.2) is 11.1 Å². The molecule has 10 heavy (non-hydrogen) atoms. The summed E-state index contributed by atoms with van der Waals surface area (Å²) < 4.78 is 0. The Morgan fingerprint density at radius 2 is 1.60 bits per heavy atom. The van der Waals surface area contributed by atoms with E-state index in [2.05, 4.69) is 0 Å². The van der Waals surface area contributed by atoms with Crippen LogP contribution in [-0.2, 0) is 4.79 Å². The molecule has 0 saturated heterocycles. The third kappa shape index (κ3) is 2.01. The number of hydrogen-bond acceptors (Lipinski definition) is 1. The van der Waals surface area contributed by atoms with E-state index in [9.17, 15) is 4.79 Å². The summed E-state index contributed by atoms with van der Waals surface area (Å²) in [5.74, 6) is 0.0550. The SMILES string of the molecule is O=C(O)[C]1CCCCCC1. The Kier molecular flexibility index (Phi) is 2.72. The second kappa shape index (κ2) is 3.59. The van der Waals surface area contributed by atoms with E-state index in [0.717, 1.165) is 31.6 Å². The van der Waals surface area contributed by atoms with Gasteiger partial charge in [0, 0.05) is 0 Å². The van der Waals surface area contributed by atoms with Crippen LogP contribution in [0.3, 0.4) is 0 Å². The van der Waals surface area contributed by atoms with Gasteiger partial charge in [0.25, 0.3) is 0 Å². The lowest BCUT2D eigenvalue weighted by Crippen LogP contribution is -2.09. The fraction of sp³-hybridized carbons (Fsp3) is 0.750. The minimum Gasteiger partial charge on any atom is -0.481 e. The van der Waals surface area contributed by atoms with Crippen LogP contribution in [0.1, 0.15) is 38.5 Å². The summed E-state index contributed by atoms with van der Waals surface area (Å²) in [6.07, 6.45) is 6.18. The molecule has 2 nitrogen and oxygen atoms in total. The Balaban J connectivity index is 2.35. The first-order chi connectivity index (χ1) is 4.80. The van der Waals surface area contributed by atoms with E-state index in [1.807, 2.05) is 0 Å². The summed E-state index contributed by atoms with van der Waals surface area (Å²) in [4.78, 5) is 10.5. The van der Waals surface area contributed by atoms with E-state index >= 15 is 0 Å². The number of carbonyl (C=O) groups is 1. The van der Waals surface area contributed by atoms with Crippen molar-refractivity contribution < 1.29 is 9.90 Å². The third-order valence-corrected chi connectivity index (χ3v) is 2.01. The van der Waals surface area contributed by atoms with Crippen molar-refractivity contribution in [3.63, 3.8) is 0 Å². The Morgan fingerprint density at radius 3 is 2.00 bits per heavy atom. The van der Waals surface area contributed by atoms with E-state index in [4.69, 9.17) is 5.11 Å². The molecule has 0 bridgehead atoms. The topological polar surface area (TPSA) is 37.3 Å². The Hall–Kier alpha value is -0.530. The van der Waals surface area contributed by atoms with Crippen molar-refractivity contribution in [2.45, 2.75) is 38.5 Å². The van der Waals surface area contributed by atoms with Gasteiger partial charge in [-0.1, -0.05) is 25.7 Å². The van der Waals surface area contributed by atoms with Crippen LogP contribution in [0.25, 0.3) is 0 Å². The molecule has 1 fully saturated rings. The van der Waals surface area contributed by atoms with Gasteiger partial charge in [-0.2, -0.15) is 0 Å². The van der Waals surface area contributed by atoms with Gasteiger partial charge in [-0.25, -0.2) is 0 Å². The molecule has 0 aromatic rings. The normalized spacial score (nSPS) is 22.0. The molecule has 57 valence electrons. The number of rotatable bonds is 1. The van der Waals surface area contributed by atoms with Gasteiger partial charge >= 0.3 is 5.97 Å². The van der Waals surface area contributed by atoms with E-state index in [1.165, 1.54) is 12.8 Å². The molecule has 0 heterocycles. The molecule has 0 spiro atoms. The van der Waals surface area contributed by atoms with Crippen LogP contribution in [0.4, 0.5) is 0 Å². The summed E-state index contributed by atoms with van der Waals surface area (Å²) in [7, 11) is 0. The van der Waals surface area contributed by atoms with Crippen LogP contribution in [0.2, 0.25) is 0 Å². The van der Waals surface area contributed by atoms with Crippen LogP contribution >= 0.6 is 0 Å². The molecule has 0 unspecified atom stereocenters. The number of aliphatic carboxylic acids is 1. The third-order valence-electron chi connectivity index (χ3n) is 2.01. The smallest absolute Gasteiger partial charge is 0.310 e. The van der Waals surface area contributed by atoms with Crippen molar-refractivity contribution in [2.24, 2.45) is 0 Å². The van der Waals surface area contributed by atoms with E-state index in [1.54, 1.807) is 0 Å². The van der Waals surface area contributed by atoms with Crippen LogP contribution in [0, 0.1) is 5.92 Å². The lowest BCUT2D eigenvalue weighted by atomic mass is 10.0. The van der Waals surface area contributed by atoms with Gasteiger partial charge in [-0.3, -0.25) is 4.79 Å². The predicted octanol–water partition coefficient (Wildman–Crippen LogP) is 2.00. The van der Waals surface area contributed by atoms with Crippen molar-refractivity contribution in [2.75, 3.05) is 0 Å². The van der Waals surface area contributed by atoms with E-state index in [0.29, 0.717) is 0 Å². The zero-order chi connectivity index (χ0) is 7.40. The molecular weight excluding hydrogens is 128 g/mol. The summed E-state index contributed by atoms with van der Waals surface area (Å²) >= 11 is 0. The monoisotopic (exact) mass is 141 g/mol. The minimum absolute atomic E-state index is 0.679. The molecule has 0 aromatic heterocycles. The summed E-state index contributed by atoms with van der Waals surface area (Å²) in [5, 5.41) is 8.63. The average Bonchev–Trinajstić information content (AvgIpc) is 2.12. The van der Waals surface area contributed by atoms with Crippen LogP contribution in [0.15, 0.2) is 0 Å². The molecule has 0 amide bonds. The molecule has 0 aromatic carbocycles. The van der Waals surface area contributed by atoms with E-state index < -0.39 is 5.97 Å². The van der Waals surface area contributed by atoms with Crippen molar-refractivity contribution in [1.82, 2.24) is 0 Å². The highest BCUT2D eigenvalue weighted by Gasteiger charge is 2.19. The van der Waals surface area contributed by atoms with Gasteiger partial charge in [0.05, 0.1) is 5.92 Å². The van der Waals surface area contributed by atoms with Gasteiger partial charge in [0.15, 0.2) is 0 Å².